The number of hydrogen-bond donors (Lipinski definition) is 3. The molecule has 6 nitrogen and oxygen atoms in total. The molecule has 20 heavy (non-hydrogen) atoms. The third-order valence-electron chi connectivity index (χ3n) is 2.46. The Bertz CT molecular complexity index is 622. The normalized spacial score (nSPS) is 10.2. The van der Waals surface area contributed by atoms with E-state index in [1.165, 1.54) is 12.4 Å². The molecule has 104 valence electrons. The van der Waals surface area contributed by atoms with Gasteiger partial charge in [-0.15, -0.1) is 0 Å². The first-order valence-electron chi connectivity index (χ1n) is 5.57. The summed E-state index contributed by atoms with van der Waals surface area (Å²) < 4.78 is 1.57. The summed E-state index contributed by atoms with van der Waals surface area (Å²) >= 11 is 6.83. The summed E-state index contributed by atoms with van der Waals surface area (Å²) in [6.45, 7) is 1.96. The standard InChI is InChI=1S/C12H11Br2N5O/c1-6-2-7(13)11(8(14)3-6)18-12(20)9-4-17-10(19-15)5-16-9/h2-5H,15H2,1H3,(H,17,19)(H,18,20). The second-order valence-electron chi connectivity index (χ2n) is 3.99. The summed E-state index contributed by atoms with van der Waals surface area (Å²) in [5, 5.41) is 2.77. The van der Waals surface area contributed by atoms with E-state index in [0.717, 1.165) is 14.5 Å². The Kier molecular flexibility index (Phi) is 4.69. The summed E-state index contributed by atoms with van der Waals surface area (Å²) in [5.41, 5.74) is 4.26. The molecule has 0 saturated carbocycles. The maximum absolute atomic E-state index is 12.1. The van der Waals surface area contributed by atoms with Crippen molar-refractivity contribution in [1.29, 1.82) is 0 Å². The second kappa shape index (κ2) is 6.29. The van der Waals surface area contributed by atoms with E-state index in [0.29, 0.717) is 11.5 Å². The highest BCUT2D eigenvalue weighted by molar-refractivity contribution is 9.11. The maximum atomic E-state index is 12.1. The molecule has 0 fully saturated rings. The van der Waals surface area contributed by atoms with Crippen LogP contribution in [0.3, 0.4) is 0 Å². The van der Waals surface area contributed by atoms with Crippen LogP contribution in [0.1, 0.15) is 16.1 Å². The van der Waals surface area contributed by atoms with Crippen LogP contribution in [-0.2, 0) is 0 Å². The number of benzene rings is 1. The molecule has 0 unspecified atom stereocenters. The fraction of sp³-hybridized carbons (Fsp3) is 0.0833. The molecule has 0 radical (unpaired) electrons. The van der Waals surface area contributed by atoms with Crippen LogP contribution in [0.25, 0.3) is 0 Å². The average molecular weight is 401 g/mol. The molecule has 0 bridgehead atoms. The Morgan fingerprint density at radius 1 is 1.20 bits per heavy atom. The molecular weight excluding hydrogens is 390 g/mol. The van der Waals surface area contributed by atoms with Gasteiger partial charge < -0.3 is 10.7 Å². The van der Waals surface area contributed by atoms with Crippen LogP contribution in [0, 0.1) is 6.92 Å². The van der Waals surface area contributed by atoms with Gasteiger partial charge in [0, 0.05) is 8.95 Å². The molecule has 2 rings (SSSR count). The van der Waals surface area contributed by atoms with Gasteiger partial charge in [0.15, 0.2) is 5.82 Å². The Morgan fingerprint density at radius 2 is 1.85 bits per heavy atom. The van der Waals surface area contributed by atoms with Crippen molar-refractivity contribution in [2.24, 2.45) is 5.84 Å². The lowest BCUT2D eigenvalue weighted by Crippen LogP contribution is -2.16. The van der Waals surface area contributed by atoms with Crippen molar-refractivity contribution in [2.75, 3.05) is 10.7 Å². The number of rotatable bonds is 3. The monoisotopic (exact) mass is 399 g/mol. The lowest BCUT2D eigenvalue weighted by Gasteiger charge is -2.10. The summed E-state index contributed by atoms with van der Waals surface area (Å²) in [5.74, 6) is 5.22. The lowest BCUT2D eigenvalue weighted by molar-refractivity contribution is 0.102. The van der Waals surface area contributed by atoms with Crippen LogP contribution >= 0.6 is 31.9 Å². The number of nitrogens with one attached hydrogen (secondary N) is 2. The van der Waals surface area contributed by atoms with Gasteiger partial charge in [0.25, 0.3) is 5.91 Å². The molecule has 1 heterocycles. The van der Waals surface area contributed by atoms with Crippen molar-refractivity contribution in [3.63, 3.8) is 0 Å². The Hall–Kier alpha value is -1.51. The molecule has 1 aromatic heterocycles. The number of carbonyl (C=O) groups is 1. The molecule has 0 aliphatic carbocycles. The molecule has 0 aliphatic heterocycles. The number of halogens is 2. The van der Waals surface area contributed by atoms with Crippen molar-refractivity contribution < 1.29 is 4.79 Å². The molecule has 1 aromatic carbocycles. The number of hydrogen-bond acceptors (Lipinski definition) is 5. The molecule has 0 saturated heterocycles. The van der Waals surface area contributed by atoms with Crippen molar-refractivity contribution in [3.05, 3.63) is 44.7 Å². The van der Waals surface area contributed by atoms with Gasteiger partial charge in [-0.05, 0) is 56.5 Å². The number of nitrogens with zero attached hydrogens (tertiary/aromatic N) is 2. The lowest BCUT2D eigenvalue weighted by atomic mass is 10.2. The van der Waals surface area contributed by atoms with Crippen molar-refractivity contribution in [1.82, 2.24) is 9.97 Å². The van der Waals surface area contributed by atoms with Gasteiger partial charge >= 0.3 is 0 Å². The summed E-state index contributed by atoms with van der Waals surface area (Å²) in [7, 11) is 0. The van der Waals surface area contributed by atoms with Crippen LogP contribution in [-0.4, -0.2) is 15.9 Å². The quantitative estimate of drug-likeness (QED) is 0.544. The predicted octanol–water partition coefficient (Wildman–Crippen LogP) is 2.85. The van der Waals surface area contributed by atoms with Crippen LogP contribution in [0.15, 0.2) is 33.5 Å². The minimum absolute atomic E-state index is 0.198. The number of aromatic nitrogens is 2. The number of amides is 1. The molecule has 2 aromatic rings. The number of carbonyl (C=O) groups excluding carboxylic acids is 1. The predicted molar refractivity (Wildman–Crippen MR) is 84.4 cm³/mol. The fourth-order valence-electron chi connectivity index (χ4n) is 1.52. The van der Waals surface area contributed by atoms with E-state index >= 15 is 0 Å². The van der Waals surface area contributed by atoms with Gasteiger partial charge in [0.2, 0.25) is 0 Å². The van der Waals surface area contributed by atoms with E-state index in [4.69, 9.17) is 5.84 Å². The highest BCUT2D eigenvalue weighted by Crippen LogP contribution is 2.32. The molecule has 0 spiro atoms. The van der Waals surface area contributed by atoms with Gasteiger partial charge in [-0.25, -0.2) is 15.8 Å². The zero-order valence-corrected chi connectivity index (χ0v) is 13.6. The Morgan fingerprint density at radius 3 is 2.35 bits per heavy atom. The first-order valence-corrected chi connectivity index (χ1v) is 7.15. The van der Waals surface area contributed by atoms with Gasteiger partial charge in [0.05, 0.1) is 18.1 Å². The van der Waals surface area contributed by atoms with E-state index in [2.05, 4.69) is 52.6 Å². The summed E-state index contributed by atoms with van der Waals surface area (Å²) in [6.07, 6.45) is 2.73. The SMILES string of the molecule is Cc1cc(Br)c(NC(=O)c2cnc(NN)cn2)c(Br)c1. The van der Waals surface area contributed by atoms with Crippen molar-refractivity contribution in [2.45, 2.75) is 6.92 Å². The number of nitrogen functional groups attached to an aromatic ring is 1. The number of nitrogens with two attached hydrogens (primary N) is 1. The van der Waals surface area contributed by atoms with Crippen molar-refractivity contribution in [3.8, 4) is 0 Å². The fourth-order valence-corrected chi connectivity index (χ4v) is 3.13. The largest absolute Gasteiger partial charge is 0.319 e. The smallest absolute Gasteiger partial charge is 0.275 e. The molecule has 8 heteroatoms. The molecule has 4 N–H and O–H groups in total. The van der Waals surface area contributed by atoms with E-state index in [1.54, 1.807) is 0 Å². The molecule has 0 atom stereocenters. The van der Waals surface area contributed by atoms with Crippen LogP contribution < -0.4 is 16.6 Å². The van der Waals surface area contributed by atoms with E-state index < -0.39 is 0 Å². The maximum Gasteiger partial charge on any atom is 0.275 e. The number of aryl methyl sites for hydroxylation is 1. The van der Waals surface area contributed by atoms with E-state index in [1.807, 2.05) is 19.1 Å². The van der Waals surface area contributed by atoms with Crippen LogP contribution in [0.2, 0.25) is 0 Å². The third-order valence-corrected chi connectivity index (χ3v) is 3.71. The topological polar surface area (TPSA) is 92.9 Å². The van der Waals surface area contributed by atoms with Crippen LogP contribution in [0.5, 0.6) is 0 Å². The zero-order valence-electron chi connectivity index (χ0n) is 10.4. The van der Waals surface area contributed by atoms with Gasteiger partial charge in [0.1, 0.15) is 5.69 Å². The average Bonchev–Trinajstić information content (AvgIpc) is 2.42. The molecule has 0 aliphatic rings. The van der Waals surface area contributed by atoms with E-state index in [9.17, 15) is 4.79 Å². The molecular formula is C12H11Br2N5O. The number of hydrazine groups is 1. The minimum Gasteiger partial charge on any atom is -0.319 e. The first-order chi connectivity index (χ1) is 9.51. The van der Waals surface area contributed by atoms with Gasteiger partial charge in [-0.2, -0.15) is 0 Å². The highest BCUT2D eigenvalue weighted by Gasteiger charge is 2.13. The minimum atomic E-state index is -0.355. The number of anilines is 2. The highest BCUT2D eigenvalue weighted by atomic mass is 79.9. The van der Waals surface area contributed by atoms with Crippen molar-refractivity contribution >= 4 is 49.3 Å². The second-order valence-corrected chi connectivity index (χ2v) is 5.70. The first kappa shape index (κ1) is 14.9. The zero-order chi connectivity index (χ0) is 14.7. The van der Waals surface area contributed by atoms with Crippen LogP contribution in [0.4, 0.5) is 11.5 Å². The molecule has 1 amide bonds. The van der Waals surface area contributed by atoms with E-state index in [-0.39, 0.29) is 11.6 Å². The third kappa shape index (κ3) is 3.33. The van der Waals surface area contributed by atoms with Gasteiger partial charge in [-0.3, -0.25) is 4.79 Å². The Labute approximate surface area is 132 Å². The summed E-state index contributed by atoms with van der Waals surface area (Å²) in [4.78, 5) is 20.0. The Balaban J connectivity index is 2.23. The van der Waals surface area contributed by atoms with Gasteiger partial charge in [-0.1, -0.05) is 0 Å². The summed E-state index contributed by atoms with van der Waals surface area (Å²) in [6, 6.07) is 3.82.